The predicted octanol–water partition coefficient (Wildman–Crippen LogP) is 3.09. The zero-order valence-electron chi connectivity index (χ0n) is 13.7. The van der Waals surface area contributed by atoms with Gasteiger partial charge in [-0.05, 0) is 42.8 Å². The molecule has 128 valence electrons. The van der Waals surface area contributed by atoms with Crippen molar-refractivity contribution in [2.45, 2.75) is 13.0 Å². The van der Waals surface area contributed by atoms with Crippen molar-refractivity contribution in [2.75, 3.05) is 20.7 Å². The molecule has 2 aromatic carbocycles. The van der Waals surface area contributed by atoms with E-state index < -0.39 is 17.7 Å². The van der Waals surface area contributed by atoms with Crippen LogP contribution >= 0.6 is 0 Å². The van der Waals surface area contributed by atoms with Crippen LogP contribution in [0.15, 0.2) is 36.4 Å². The van der Waals surface area contributed by atoms with E-state index in [2.05, 4.69) is 0 Å². The lowest BCUT2D eigenvalue weighted by Gasteiger charge is -2.16. The van der Waals surface area contributed by atoms with Gasteiger partial charge >= 0.3 is 0 Å². The Morgan fingerprint density at radius 3 is 2.58 bits per heavy atom. The molecule has 0 aliphatic heterocycles. The average molecular weight is 335 g/mol. The summed E-state index contributed by atoms with van der Waals surface area (Å²) in [6.45, 7) is 1.52. The van der Waals surface area contributed by atoms with E-state index in [9.17, 15) is 18.7 Å². The molecule has 24 heavy (non-hydrogen) atoms. The average Bonchev–Trinajstić information content (AvgIpc) is 2.55. The second-order valence-corrected chi connectivity index (χ2v) is 5.67. The molecule has 0 radical (unpaired) electrons. The first-order chi connectivity index (χ1) is 11.3. The second-order valence-electron chi connectivity index (χ2n) is 5.67. The molecule has 1 unspecified atom stereocenters. The van der Waals surface area contributed by atoms with Crippen molar-refractivity contribution in [3.05, 3.63) is 64.7 Å². The summed E-state index contributed by atoms with van der Waals surface area (Å²) in [6.07, 6.45) is -1.33. The molecule has 1 N–H and O–H groups in total. The predicted molar refractivity (Wildman–Crippen MR) is 86.0 cm³/mol. The fourth-order valence-corrected chi connectivity index (χ4v) is 2.18. The van der Waals surface area contributed by atoms with Gasteiger partial charge in [0, 0.05) is 25.2 Å². The van der Waals surface area contributed by atoms with Gasteiger partial charge in [0.1, 0.15) is 30.1 Å². The molecule has 0 aromatic heterocycles. The van der Waals surface area contributed by atoms with Gasteiger partial charge in [-0.1, -0.05) is 6.07 Å². The lowest BCUT2D eigenvalue weighted by Crippen LogP contribution is -2.21. The molecule has 2 rings (SSSR count). The number of aliphatic hydroxyl groups excluding tert-OH is 1. The third-order valence-corrected chi connectivity index (χ3v) is 3.56. The molecule has 0 saturated heterocycles. The van der Waals surface area contributed by atoms with E-state index in [0.717, 1.165) is 23.8 Å². The van der Waals surface area contributed by atoms with Crippen LogP contribution < -0.4 is 4.74 Å². The molecular formula is C18H19F2NO3. The molecule has 0 spiro atoms. The van der Waals surface area contributed by atoms with Crippen LogP contribution in [0.1, 0.15) is 27.6 Å². The van der Waals surface area contributed by atoms with E-state index in [1.807, 2.05) is 0 Å². The Morgan fingerprint density at radius 1 is 1.21 bits per heavy atom. The minimum atomic E-state index is -1.33. The highest BCUT2D eigenvalue weighted by atomic mass is 19.1. The van der Waals surface area contributed by atoms with E-state index >= 15 is 0 Å². The lowest BCUT2D eigenvalue weighted by molar-refractivity contribution is 0.0826. The molecule has 4 nitrogen and oxygen atoms in total. The monoisotopic (exact) mass is 335 g/mol. The van der Waals surface area contributed by atoms with Crippen LogP contribution in [0.2, 0.25) is 0 Å². The summed E-state index contributed by atoms with van der Waals surface area (Å²) in [4.78, 5) is 13.4. The van der Waals surface area contributed by atoms with Crippen LogP contribution in [0.5, 0.6) is 5.75 Å². The first-order valence-corrected chi connectivity index (χ1v) is 7.37. The SMILES string of the molecule is Cc1ccc(C(=O)N(C)C)cc1OCC(O)c1cc(F)ccc1F. The van der Waals surface area contributed by atoms with Gasteiger partial charge in [-0.3, -0.25) is 4.79 Å². The summed E-state index contributed by atoms with van der Waals surface area (Å²) in [6, 6.07) is 7.82. The van der Waals surface area contributed by atoms with Gasteiger partial charge in [-0.2, -0.15) is 0 Å². The number of hydrogen-bond donors (Lipinski definition) is 1. The molecule has 1 amide bonds. The Hall–Kier alpha value is -2.47. The number of carbonyl (C=O) groups is 1. The van der Waals surface area contributed by atoms with E-state index in [1.54, 1.807) is 39.2 Å². The van der Waals surface area contributed by atoms with Crippen LogP contribution in [0.3, 0.4) is 0 Å². The molecular weight excluding hydrogens is 316 g/mol. The molecule has 0 saturated carbocycles. The maximum atomic E-state index is 13.7. The number of aryl methyl sites for hydroxylation is 1. The zero-order valence-corrected chi connectivity index (χ0v) is 13.7. The molecule has 0 heterocycles. The Kier molecular flexibility index (Phi) is 5.51. The van der Waals surface area contributed by atoms with E-state index in [0.29, 0.717) is 11.3 Å². The first kappa shape index (κ1) is 17.9. The van der Waals surface area contributed by atoms with Gasteiger partial charge in [0.2, 0.25) is 0 Å². The number of halogens is 2. The number of nitrogens with zero attached hydrogens (tertiary/aromatic N) is 1. The summed E-state index contributed by atoms with van der Waals surface area (Å²) >= 11 is 0. The summed E-state index contributed by atoms with van der Waals surface area (Å²) in [7, 11) is 3.28. The Bertz CT molecular complexity index is 747. The third kappa shape index (κ3) is 4.08. The zero-order chi connectivity index (χ0) is 17.9. The fourth-order valence-electron chi connectivity index (χ4n) is 2.18. The van der Waals surface area contributed by atoms with Gasteiger partial charge in [0.05, 0.1) is 0 Å². The fraction of sp³-hybridized carbons (Fsp3) is 0.278. The Balaban J connectivity index is 2.15. The van der Waals surface area contributed by atoms with Crippen molar-refractivity contribution >= 4 is 5.91 Å². The molecule has 0 bridgehead atoms. The van der Waals surface area contributed by atoms with Gasteiger partial charge in [-0.25, -0.2) is 8.78 Å². The Labute approximate surface area is 139 Å². The Morgan fingerprint density at radius 2 is 1.92 bits per heavy atom. The summed E-state index contributed by atoms with van der Waals surface area (Å²) < 4.78 is 32.4. The number of rotatable bonds is 5. The molecule has 2 aromatic rings. The molecule has 0 aliphatic rings. The van der Waals surface area contributed by atoms with Crippen molar-refractivity contribution in [2.24, 2.45) is 0 Å². The molecule has 1 atom stereocenters. The summed E-state index contributed by atoms with van der Waals surface area (Å²) in [5.74, 6) is -1.13. The van der Waals surface area contributed by atoms with Gasteiger partial charge in [0.15, 0.2) is 0 Å². The number of carbonyl (C=O) groups excluding carboxylic acids is 1. The topological polar surface area (TPSA) is 49.8 Å². The van der Waals surface area contributed by atoms with Crippen molar-refractivity contribution in [3.8, 4) is 5.75 Å². The third-order valence-electron chi connectivity index (χ3n) is 3.56. The summed E-state index contributed by atoms with van der Waals surface area (Å²) in [5.41, 5.74) is 1.03. The first-order valence-electron chi connectivity index (χ1n) is 7.37. The number of aliphatic hydroxyl groups is 1. The smallest absolute Gasteiger partial charge is 0.253 e. The van der Waals surface area contributed by atoms with E-state index in [4.69, 9.17) is 4.74 Å². The highest BCUT2D eigenvalue weighted by Gasteiger charge is 2.16. The highest BCUT2D eigenvalue weighted by Crippen LogP contribution is 2.24. The van der Waals surface area contributed by atoms with Crippen LogP contribution in [0.25, 0.3) is 0 Å². The minimum absolute atomic E-state index is 0.173. The van der Waals surface area contributed by atoms with Gasteiger partial charge in [0.25, 0.3) is 5.91 Å². The number of hydrogen-bond acceptors (Lipinski definition) is 3. The van der Waals surface area contributed by atoms with Crippen LogP contribution in [0.4, 0.5) is 8.78 Å². The maximum absolute atomic E-state index is 13.7. The van der Waals surface area contributed by atoms with E-state index in [1.165, 1.54) is 4.90 Å². The van der Waals surface area contributed by atoms with Gasteiger partial charge < -0.3 is 14.7 Å². The minimum Gasteiger partial charge on any atom is -0.490 e. The van der Waals surface area contributed by atoms with Crippen molar-refractivity contribution in [1.82, 2.24) is 4.90 Å². The normalized spacial score (nSPS) is 11.9. The highest BCUT2D eigenvalue weighted by molar-refractivity contribution is 5.94. The standard InChI is InChI=1S/C18H19F2NO3/c1-11-4-5-12(18(23)21(2)3)8-17(11)24-10-16(22)14-9-13(19)6-7-15(14)20/h4-9,16,22H,10H2,1-3H3. The quantitative estimate of drug-likeness (QED) is 0.913. The van der Waals surface area contributed by atoms with Crippen LogP contribution in [-0.2, 0) is 0 Å². The number of benzene rings is 2. The van der Waals surface area contributed by atoms with Crippen LogP contribution in [0, 0.1) is 18.6 Å². The van der Waals surface area contributed by atoms with Crippen molar-refractivity contribution in [3.63, 3.8) is 0 Å². The van der Waals surface area contributed by atoms with Gasteiger partial charge in [-0.15, -0.1) is 0 Å². The van der Waals surface area contributed by atoms with Crippen molar-refractivity contribution < 1.29 is 23.4 Å². The van der Waals surface area contributed by atoms with E-state index in [-0.39, 0.29) is 18.1 Å². The second kappa shape index (κ2) is 7.40. The van der Waals surface area contributed by atoms with Crippen LogP contribution in [-0.4, -0.2) is 36.6 Å². The lowest BCUT2D eigenvalue weighted by atomic mass is 10.1. The summed E-state index contributed by atoms with van der Waals surface area (Å²) in [5, 5.41) is 10.0. The molecule has 0 fully saturated rings. The number of ether oxygens (including phenoxy) is 1. The van der Waals surface area contributed by atoms with Crippen molar-refractivity contribution in [1.29, 1.82) is 0 Å². The number of amides is 1. The molecule has 6 heteroatoms. The molecule has 0 aliphatic carbocycles. The largest absolute Gasteiger partial charge is 0.490 e. The maximum Gasteiger partial charge on any atom is 0.253 e.